The summed E-state index contributed by atoms with van der Waals surface area (Å²) in [5.74, 6) is -1.71. The van der Waals surface area contributed by atoms with Crippen LogP contribution in [0.1, 0.15) is 37.0 Å². The van der Waals surface area contributed by atoms with Gasteiger partial charge in [0, 0.05) is 23.2 Å². The summed E-state index contributed by atoms with van der Waals surface area (Å²) in [6.45, 7) is 3.73. The highest BCUT2D eigenvalue weighted by Crippen LogP contribution is 2.23. The van der Waals surface area contributed by atoms with Crippen molar-refractivity contribution >= 4 is 45.9 Å². The molecule has 0 saturated heterocycles. The molecule has 0 saturated carbocycles. The zero-order chi connectivity index (χ0) is 25.2. The lowest BCUT2D eigenvalue weighted by Gasteiger charge is -2.10. The van der Waals surface area contributed by atoms with E-state index in [1.807, 2.05) is 50.2 Å². The molecule has 0 fully saturated rings. The normalized spacial score (nSPS) is 10.6. The maximum Gasteiger partial charge on any atom is 0.338 e. The zero-order valence-electron chi connectivity index (χ0n) is 19.7. The number of hydrogen-bond acceptors (Lipinski definition) is 6. The summed E-state index contributed by atoms with van der Waals surface area (Å²) < 4.78 is 10.1. The van der Waals surface area contributed by atoms with Gasteiger partial charge in [-0.15, -0.1) is 0 Å². The van der Waals surface area contributed by atoms with E-state index in [1.54, 1.807) is 30.3 Å². The van der Waals surface area contributed by atoms with Crippen LogP contribution >= 0.6 is 0 Å². The van der Waals surface area contributed by atoms with Gasteiger partial charge in [0.15, 0.2) is 6.61 Å². The highest BCUT2D eigenvalue weighted by atomic mass is 16.5. The summed E-state index contributed by atoms with van der Waals surface area (Å²) in [5.41, 5.74) is 1.48. The predicted molar refractivity (Wildman–Crippen MR) is 133 cm³/mol. The number of anilines is 2. The smallest absolute Gasteiger partial charge is 0.338 e. The van der Waals surface area contributed by atoms with Crippen LogP contribution in [0.5, 0.6) is 0 Å². The van der Waals surface area contributed by atoms with E-state index < -0.39 is 24.5 Å². The minimum absolute atomic E-state index is 0.0714. The van der Waals surface area contributed by atoms with Gasteiger partial charge in [-0.3, -0.25) is 14.4 Å². The number of fused-ring (bicyclic) bond motifs is 1. The summed E-state index contributed by atoms with van der Waals surface area (Å²) >= 11 is 0. The number of carbonyl (C=O) groups is 4. The molecule has 3 rings (SSSR count). The van der Waals surface area contributed by atoms with Crippen molar-refractivity contribution in [2.75, 3.05) is 23.8 Å². The van der Waals surface area contributed by atoms with Gasteiger partial charge in [-0.1, -0.05) is 50.2 Å². The van der Waals surface area contributed by atoms with Crippen LogP contribution in [0.15, 0.2) is 66.7 Å². The molecule has 0 aliphatic heterocycles. The molecule has 8 nitrogen and oxygen atoms in total. The van der Waals surface area contributed by atoms with E-state index >= 15 is 0 Å². The Balaban J connectivity index is 1.39. The minimum atomic E-state index is -0.656. The predicted octanol–water partition coefficient (Wildman–Crippen LogP) is 4.55. The second-order valence-electron chi connectivity index (χ2n) is 8.35. The lowest BCUT2D eigenvalue weighted by molar-refractivity contribution is -0.147. The Kier molecular flexibility index (Phi) is 8.95. The first-order valence-corrected chi connectivity index (χ1v) is 11.3. The fourth-order valence-electron chi connectivity index (χ4n) is 3.19. The Morgan fingerprint density at radius 2 is 1.49 bits per heavy atom. The van der Waals surface area contributed by atoms with Gasteiger partial charge < -0.3 is 20.1 Å². The highest BCUT2D eigenvalue weighted by molar-refractivity contribution is 6.02. The molecule has 0 bridgehead atoms. The van der Waals surface area contributed by atoms with Crippen LogP contribution in [-0.4, -0.2) is 37.0 Å². The lowest BCUT2D eigenvalue weighted by Crippen LogP contribution is -2.22. The number of amides is 2. The van der Waals surface area contributed by atoms with Crippen molar-refractivity contribution in [3.8, 4) is 0 Å². The van der Waals surface area contributed by atoms with Gasteiger partial charge >= 0.3 is 11.9 Å². The van der Waals surface area contributed by atoms with E-state index in [0.29, 0.717) is 23.5 Å². The van der Waals surface area contributed by atoms with E-state index in [-0.39, 0.29) is 24.7 Å². The van der Waals surface area contributed by atoms with Crippen molar-refractivity contribution in [2.45, 2.75) is 26.7 Å². The van der Waals surface area contributed by atoms with Crippen molar-refractivity contribution in [3.63, 3.8) is 0 Å². The molecule has 0 heterocycles. The fourth-order valence-corrected chi connectivity index (χ4v) is 3.19. The summed E-state index contributed by atoms with van der Waals surface area (Å²) in [7, 11) is 0. The molecule has 0 spiro atoms. The average Bonchev–Trinajstić information content (AvgIpc) is 2.85. The molecule has 182 valence electrons. The number of hydrogen-bond donors (Lipinski definition) is 2. The minimum Gasteiger partial charge on any atom is -0.462 e. The third-order valence-electron chi connectivity index (χ3n) is 4.94. The van der Waals surface area contributed by atoms with Crippen molar-refractivity contribution in [1.29, 1.82) is 0 Å². The first-order chi connectivity index (χ1) is 16.8. The molecular weight excluding hydrogens is 448 g/mol. The van der Waals surface area contributed by atoms with Crippen molar-refractivity contribution in [1.82, 2.24) is 0 Å². The van der Waals surface area contributed by atoms with Crippen LogP contribution in [0.3, 0.4) is 0 Å². The quantitative estimate of drug-likeness (QED) is 0.415. The van der Waals surface area contributed by atoms with Crippen LogP contribution in [-0.2, 0) is 23.9 Å². The number of ether oxygens (including phenoxy) is 2. The van der Waals surface area contributed by atoms with Gasteiger partial charge in [-0.05, 0) is 41.6 Å². The molecule has 2 amide bonds. The van der Waals surface area contributed by atoms with Gasteiger partial charge in [0.1, 0.15) is 0 Å². The summed E-state index contributed by atoms with van der Waals surface area (Å²) in [6, 6.07) is 19.4. The average molecular weight is 477 g/mol. The van der Waals surface area contributed by atoms with Gasteiger partial charge in [-0.25, -0.2) is 4.79 Å². The van der Waals surface area contributed by atoms with Crippen LogP contribution in [0.25, 0.3) is 10.8 Å². The van der Waals surface area contributed by atoms with E-state index in [2.05, 4.69) is 10.6 Å². The standard InChI is InChI=1S/C27H28N2O6/c1-18(2)16-35-27(33)20-10-12-21(13-11-20)28-25(31)17-34-26(32)15-14-24(30)29-23-9-5-7-19-6-3-4-8-22(19)23/h3-13,18H,14-17H2,1-2H3,(H,28,31)(H,29,30). The Bertz CT molecular complexity index is 1200. The van der Waals surface area contributed by atoms with Gasteiger partial charge in [0.2, 0.25) is 5.91 Å². The van der Waals surface area contributed by atoms with E-state index in [9.17, 15) is 19.2 Å². The summed E-state index contributed by atoms with van der Waals surface area (Å²) in [5, 5.41) is 7.29. The van der Waals surface area contributed by atoms with E-state index in [4.69, 9.17) is 9.47 Å². The van der Waals surface area contributed by atoms with Crippen LogP contribution in [0, 0.1) is 5.92 Å². The maximum absolute atomic E-state index is 12.3. The van der Waals surface area contributed by atoms with Crippen molar-refractivity contribution in [3.05, 3.63) is 72.3 Å². The molecule has 2 N–H and O–H groups in total. The fraction of sp³-hybridized carbons (Fsp3) is 0.259. The van der Waals surface area contributed by atoms with Gasteiger partial charge in [0.25, 0.3) is 5.91 Å². The molecule has 0 radical (unpaired) electrons. The molecule has 0 unspecified atom stereocenters. The first-order valence-electron chi connectivity index (χ1n) is 11.3. The highest BCUT2D eigenvalue weighted by Gasteiger charge is 2.13. The third kappa shape index (κ3) is 7.96. The Labute approximate surface area is 203 Å². The number of esters is 2. The Morgan fingerprint density at radius 3 is 2.23 bits per heavy atom. The molecule has 8 heteroatoms. The second kappa shape index (κ2) is 12.3. The summed E-state index contributed by atoms with van der Waals surface area (Å²) in [6.07, 6.45) is -0.227. The number of nitrogens with one attached hydrogen (secondary N) is 2. The summed E-state index contributed by atoms with van der Waals surface area (Å²) in [4.78, 5) is 48.2. The monoisotopic (exact) mass is 476 g/mol. The van der Waals surface area contributed by atoms with E-state index in [0.717, 1.165) is 10.8 Å². The Hall–Kier alpha value is -4.20. The largest absolute Gasteiger partial charge is 0.462 e. The molecular formula is C27H28N2O6. The number of benzene rings is 3. The number of rotatable bonds is 10. The number of carbonyl (C=O) groups excluding carboxylic acids is 4. The maximum atomic E-state index is 12.3. The molecule has 0 aliphatic carbocycles. The van der Waals surface area contributed by atoms with Gasteiger partial charge in [0.05, 0.1) is 18.6 Å². The van der Waals surface area contributed by atoms with Crippen LogP contribution in [0.2, 0.25) is 0 Å². The first kappa shape index (κ1) is 25.4. The molecule has 0 aliphatic rings. The molecule has 0 aromatic heterocycles. The zero-order valence-corrected chi connectivity index (χ0v) is 19.7. The van der Waals surface area contributed by atoms with E-state index in [1.165, 1.54) is 0 Å². The van der Waals surface area contributed by atoms with Crippen LogP contribution < -0.4 is 10.6 Å². The lowest BCUT2D eigenvalue weighted by atomic mass is 10.1. The van der Waals surface area contributed by atoms with Crippen LogP contribution in [0.4, 0.5) is 11.4 Å². The molecule has 35 heavy (non-hydrogen) atoms. The topological polar surface area (TPSA) is 111 Å². The molecule has 0 atom stereocenters. The third-order valence-corrected chi connectivity index (χ3v) is 4.94. The SMILES string of the molecule is CC(C)COC(=O)c1ccc(NC(=O)COC(=O)CCC(=O)Nc2cccc3ccccc23)cc1. The van der Waals surface area contributed by atoms with Crippen molar-refractivity contribution < 1.29 is 28.7 Å². The molecule has 3 aromatic rings. The van der Waals surface area contributed by atoms with Gasteiger partial charge in [-0.2, -0.15) is 0 Å². The Morgan fingerprint density at radius 1 is 0.771 bits per heavy atom. The van der Waals surface area contributed by atoms with Crippen molar-refractivity contribution in [2.24, 2.45) is 5.92 Å². The second-order valence-corrected chi connectivity index (χ2v) is 8.35. The molecule has 3 aromatic carbocycles.